The first-order valence-electron chi connectivity index (χ1n) is 12.8. The zero-order chi connectivity index (χ0) is 25.2. The Hall–Kier alpha value is -3.17. The minimum Gasteiger partial charge on any atom is -0.490 e. The van der Waals surface area contributed by atoms with Crippen molar-refractivity contribution in [3.63, 3.8) is 0 Å². The minimum atomic E-state index is -0.249. The maximum Gasteiger partial charge on any atom is 0.259 e. The highest BCUT2D eigenvalue weighted by Crippen LogP contribution is 2.32. The number of nitrogens with zero attached hydrogens (tertiary/aromatic N) is 4. The number of aromatic nitrogens is 1. The second kappa shape index (κ2) is 13.2. The van der Waals surface area contributed by atoms with Crippen molar-refractivity contribution >= 4 is 11.8 Å². The molecule has 0 unspecified atom stereocenters. The molecular formula is C27H36N4O5. The van der Waals surface area contributed by atoms with E-state index in [1.807, 2.05) is 23.1 Å². The molecule has 1 aromatic carbocycles. The van der Waals surface area contributed by atoms with Crippen molar-refractivity contribution in [3.8, 4) is 17.4 Å². The number of pyridine rings is 1. The summed E-state index contributed by atoms with van der Waals surface area (Å²) < 4.78 is 17.2. The van der Waals surface area contributed by atoms with Crippen molar-refractivity contribution in [3.05, 3.63) is 48.2 Å². The Kier molecular flexibility index (Phi) is 9.52. The highest BCUT2D eigenvalue weighted by atomic mass is 16.5. The zero-order valence-corrected chi connectivity index (χ0v) is 21.1. The number of rotatable bonds is 5. The lowest BCUT2D eigenvalue weighted by molar-refractivity contribution is -0.133. The van der Waals surface area contributed by atoms with Crippen LogP contribution in [0.4, 0.5) is 0 Å². The van der Waals surface area contributed by atoms with E-state index in [4.69, 9.17) is 14.2 Å². The number of carbonyl (C=O) groups is 2. The molecule has 9 heteroatoms. The molecule has 0 spiro atoms. The van der Waals surface area contributed by atoms with Gasteiger partial charge in [-0.1, -0.05) is 25.0 Å². The van der Waals surface area contributed by atoms with Gasteiger partial charge in [0.15, 0.2) is 11.5 Å². The second-order valence-electron chi connectivity index (χ2n) is 9.11. The number of carbonyl (C=O) groups excluding carboxylic acids is 2. The summed E-state index contributed by atoms with van der Waals surface area (Å²) in [5.41, 5.74) is 0.335. The summed E-state index contributed by atoms with van der Waals surface area (Å²) in [6.45, 7) is 5.62. The highest BCUT2D eigenvalue weighted by molar-refractivity contribution is 5.98. The maximum atomic E-state index is 13.7. The Morgan fingerprint density at radius 3 is 2.56 bits per heavy atom. The Labute approximate surface area is 212 Å². The van der Waals surface area contributed by atoms with E-state index < -0.39 is 0 Å². The van der Waals surface area contributed by atoms with Gasteiger partial charge in [-0.05, 0) is 37.1 Å². The molecule has 4 rings (SSSR count). The van der Waals surface area contributed by atoms with E-state index in [9.17, 15) is 9.59 Å². The molecule has 9 nitrogen and oxygen atoms in total. The summed E-state index contributed by atoms with van der Waals surface area (Å²) in [6, 6.07) is 10.8. The van der Waals surface area contributed by atoms with Gasteiger partial charge < -0.3 is 24.0 Å². The van der Waals surface area contributed by atoms with E-state index in [1.165, 1.54) is 0 Å². The van der Waals surface area contributed by atoms with Gasteiger partial charge in [0.2, 0.25) is 11.8 Å². The average molecular weight is 497 g/mol. The molecular weight excluding hydrogens is 460 g/mol. The van der Waals surface area contributed by atoms with E-state index in [2.05, 4.69) is 9.88 Å². The van der Waals surface area contributed by atoms with Crippen molar-refractivity contribution in [1.29, 1.82) is 0 Å². The van der Waals surface area contributed by atoms with Crippen LogP contribution in [-0.2, 0) is 9.53 Å². The third-order valence-electron chi connectivity index (χ3n) is 6.59. The predicted octanol–water partition coefficient (Wildman–Crippen LogP) is 3.06. The topological polar surface area (TPSA) is 84.4 Å². The van der Waals surface area contributed by atoms with E-state index in [1.54, 1.807) is 36.4 Å². The summed E-state index contributed by atoms with van der Waals surface area (Å²) >= 11 is 0. The monoisotopic (exact) mass is 496 g/mol. The van der Waals surface area contributed by atoms with Crippen LogP contribution < -0.4 is 9.47 Å². The molecule has 0 saturated carbocycles. The lowest BCUT2D eigenvalue weighted by atomic mass is 10.1. The first-order chi connectivity index (χ1) is 17.7. The molecule has 3 heterocycles. The summed E-state index contributed by atoms with van der Waals surface area (Å²) in [5.74, 6) is 1.06. The summed E-state index contributed by atoms with van der Waals surface area (Å²) in [5, 5.41) is 0. The van der Waals surface area contributed by atoms with Gasteiger partial charge >= 0.3 is 0 Å². The SMILES string of the molecule is COCCN1CCN(C(=O)CN2CCCCCCOc3ccccc3Oc3ncccc3C2=O)CC1. The van der Waals surface area contributed by atoms with Crippen LogP contribution in [0.5, 0.6) is 17.4 Å². The Bertz CT molecular complexity index is 1010. The molecule has 194 valence electrons. The molecule has 0 bridgehead atoms. The van der Waals surface area contributed by atoms with Gasteiger partial charge in [-0.3, -0.25) is 14.5 Å². The van der Waals surface area contributed by atoms with Gasteiger partial charge in [0.1, 0.15) is 12.1 Å². The number of ether oxygens (including phenoxy) is 3. The van der Waals surface area contributed by atoms with Gasteiger partial charge in [0.05, 0.1) is 13.2 Å². The molecule has 2 aliphatic rings. The van der Waals surface area contributed by atoms with E-state index >= 15 is 0 Å². The maximum absolute atomic E-state index is 13.7. The number of fused-ring (bicyclic) bond motifs is 2. The van der Waals surface area contributed by atoms with E-state index in [-0.39, 0.29) is 24.2 Å². The highest BCUT2D eigenvalue weighted by Gasteiger charge is 2.27. The molecule has 0 atom stereocenters. The van der Waals surface area contributed by atoms with Gasteiger partial charge in [-0.2, -0.15) is 0 Å². The lowest BCUT2D eigenvalue weighted by Crippen LogP contribution is -2.52. The largest absolute Gasteiger partial charge is 0.490 e. The standard InChI is InChI=1S/C27H36N4O5/c1-34-20-18-29-14-16-30(17-15-29)25(32)21-31-13-6-2-3-7-19-35-23-10-4-5-11-24(23)36-26-22(27(31)33)9-8-12-28-26/h4-5,8-12H,2-3,6-7,13-21H2,1H3. The van der Waals surface area contributed by atoms with Crippen LogP contribution in [0.25, 0.3) is 0 Å². The number of piperazine rings is 1. The summed E-state index contributed by atoms with van der Waals surface area (Å²) in [4.78, 5) is 37.0. The van der Waals surface area contributed by atoms with Crippen LogP contribution >= 0.6 is 0 Å². The van der Waals surface area contributed by atoms with Crippen LogP contribution in [0.3, 0.4) is 0 Å². The number of para-hydroxylation sites is 2. The van der Waals surface area contributed by atoms with E-state index in [0.29, 0.717) is 49.9 Å². The predicted molar refractivity (Wildman–Crippen MR) is 136 cm³/mol. The normalized spacial score (nSPS) is 17.9. The van der Waals surface area contributed by atoms with Crippen LogP contribution in [0, 0.1) is 0 Å². The van der Waals surface area contributed by atoms with Crippen LogP contribution in [0.15, 0.2) is 42.6 Å². The average Bonchev–Trinajstić information content (AvgIpc) is 2.91. The third kappa shape index (κ3) is 6.95. The zero-order valence-electron chi connectivity index (χ0n) is 21.1. The molecule has 1 aromatic heterocycles. The quantitative estimate of drug-likeness (QED) is 0.629. The van der Waals surface area contributed by atoms with E-state index in [0.717, 1.165) is 45.3 Å². The number of hydrogen-bond donors (Lipinski definition) is 0. The fourth-order valence-electron chi connectivity index (χ4n) is 4.46. The smallest absolute Gasteiger partial charge is 0.259 e. The Morgan fingerprint density at radius 1 is 0.972 bits per heavy atom. The van der Waals surface area contributed by atoms with Crippen molar-refractivity contribution in [2.75, 3.05) is 66.1 Å². The number of hydrogen-bond acceptors (Lipinski definition) is 7. The molecule has 0 N–H and O–H groups in total. The number of methoxy groups -OCH3 is 1. The molecule has 1 saturated heterocycles. The third-order valence-corrected chi connectivity index (χ3v) is 6.59. The van der Waals surface area contributed by atoms with Gasteiger partial charge in [-0.15, -0.1) is 0 Å². The summed E-state index contributed by atoms with van der Waals surface area (Å²) in [6.07, 6.45) is 5.26. The molecule has 0 radical (unpaired) electrons. The van der Waals surface area contributed by atoms with Crippen molar-refractivity contribution in [1.82, 2.24) is 19.7 Å². The van der Waals surface area contributed by atoms with Crippen LogP contribution in [0.2, 0.25) is 0 Å². The second-order valence-corrected chi connectivity index (χ2v) is 9.11. The summed E-state index contributed by atoms with van der Waals surface area (Å²) in [7, 11) is 1.70. The molecule has 2 aromatic rings. The van der Waals surface area contributed by atoms with Gasteiger partial charge in [-0.25, -0.2) is 4.98 Å². The molecule has 2 aliphatic heterocycles. The van der Waals surface area contributed by atoms with Crippen LogP contribution in [-0.4, -0.2) is 97.6 Å². The lowest BCUT2D eigenvalue weighted by Gasteiger charge is -2.35. The minimum absolute atomic E-state index is 0.0269. The van der Waals surface area contributed by atoms with Gasteiger partial charge in [0, 0.05) is 52.6 Å². The molecule has 0 aliphatic carbocycles. The molecule has 36 heavy (non-hydrogen) atoms. The molecule has 2 amide bonds. The van der Waals surface area contributed by atoms with Crippen molar-refractivity contribution < 1.29 is 23.8 Å². The first kappa shape index (κ1) is 25.9. The van der Waals surface area contributed by atoms with Crippen molar-refractivity contribution in [2.45, 2.75) is 25.7 Å². The Balaban J connectivity index is 1.50. The fourth-order valence-corrected chi connectivity index (χ4v) is 4.46. The first-order valence-corrected chi connectivity index (χ1v) is 12.8. The number of benzene rings is 1. The molecule has 1 fully saturated rings. The van der Waals surface area contributed by atoms with Crippen LogP contribution in [0.1, 0.15) is 36.0 Å². The van der Waals surface area contributed by atoms with Crippen molar-refractivity contribution in [2.24, 2.45) is 0 Å². The Morgan fingerprint density at radius 2 is 1.75 bits per heavy atom. The van der Waals surface area contributed by atoms with Gasteiger partial charge in [0.25, 0.3) is 5.91 Å². The number of amides is 2. The fraction of sp³-hybridized carbons (Fsp3) is 0.519.